The number of carbonyl (C=O) groups excluding carboxylic acids is 1. The first-order valence-corrected chi connectivity index (χ1v) is 7.67. The molecule has 1 unspecified atom stereocenters. The van der Waals surface area contributed by atoms with E-state index in [1.807, 2.05) is 6.26 Å². The van der Waals surface area contributed by atoms with Crippen LogP contribution in [0.4, 0.5) is 4.39 Å². The lowest BCUT2D eigenvalue weighted by atomic mass is 10.1. The molecule has 0 radical (unpaired) electrons. The number of halogens is 1. The van der Waals surface area contributed by atoms with Crippen molar-refractivity contribution in [2.24, 2.45) is 0 Å². The van der Waals surface area contributed by atoms with Crippen molar-refractivity contribution in [3.8, 4) is 0 Å². The van der Waals surface area contributed by atoms with Gasteiger partial charge in [-0.2, -0.15) is 11.8 Å². The van der Waals surface area contributed by atoms with Crippen LogP contribution in [0, 0.1) is 5.82 Å². The summed E-state index contributed by atoms with van der Waals surface area (Å²) in [4.78, 5) is 11.8. The zero-order chi connectivity index (χ0) is 15.2. The lowest BCUT2D eigenvalue weighted by Gasteiger charge is -2.22. The fraction of sp³-hybridized carbons (Fsp3) is 0.400. The molecule has 1 atom stereocenters. The number of amides is 1. The normalized spacial score (nSPS) is 14.8. The Hall–Kier alpha value is -1.33. The third-order valence-electron chi connectivity index (χ3n) is 2.75. The molecular formula is C15H20FNO2S. The van der Waals surface area contributed by atoms with E-state index < -0.39 is 5.60 Å². The van der Waals surface area contributed by atoms with Crippen molar-refractivity contribution in [3.05, 3.63) is 41.7 Å². The van der Waals surface area contributed by atoms with Gasteiger partial charge in [0.25, 0.3) is 0 Å². The molecule has 1 amide bonds. The van der Waals surface area contributed by atoms with E-state index in [0.717, 1.165) is 11.1 Å². The number of hydrogen-bond acceptors (Lipinski definition) is 3. The molecule has 2 N–H and O–H groups in total. The summed E-state index contributed by atoms with van der Waals surface area (Å²) in [6.45, 7) is 3.66. The van der Waals surface area contributed by atoms with Crippen LogP contribution in [0.2, 0.25) is 0 Å². The summed E-state index contributed by atoms with van der Waals surface area (Å²) in [6.07, 6.45) is 3.34. The largest absolute Gasteiger partial charge is 0.387 e. The predicted molar refractivity (Wildman–Crippen MR) is 82.1 cm³/mol. The first-order valence-electron chi connectivity index (χ1n) is 6.27. The number of carbonyl (C=O) groups is 1. The molecule has 0 heterocycles. The Morgan fingerprint density at radius 3 is 2.60 bits per heavy atom. The summed E-state index contributed by atoms with van der Waals surface area (Å²) in [6, 6.07) is 5.96. The van der Waals surface area contributed by atoms with E-state index in [1.54, 1.807) is 26.0 Å². The minimum absolute atomic E-state index is 0.194. The first-order chi connectivity index (χ1) is 9.34. The zero-order valence-electron chi connectivity index (χ0n) is 11.9. The van der Waals surface area contributed by atoms with Crippen molar-refractivity contribution in [1.82, 2.24) is 5.32 Å². The number of allylic oxidation sites excluding steroid dienone is 1. The van der Waals surface area contributed by atoms with Crippen LogP contribution >= 0.6 is 11.8 Å². The van der Waals surface area contributed by atoms with Gasteiger partial charge in [0, 0.05) is 18.4 Å². The zero-order valence-corrected chi connectivity index (χ0v) is 12.8. The summed E-state index contributed by atoms with van der Waals surface area (Å²) in [7, 11) is 0. The fourth-order valence-corrected chi connectivity index (χ4v) is 2.41. The van der Waals surface area contributed by atoms with Gasteiger partial charge in [0.2, 0.25) is 5.91 Å². The first kappa shape index (κ1) is 16.7. The number of nitrogens with one attached hydrogen (secondary N) is 1. The van der Waals surface area contributed by atoms with E-state index in [0.29, 0.717) is 5.75 Å². The molecule has 5 heteroatoms. The van der Waals surface area contributed by atoms with Gasteiger partial charge in [-0.3, -0.25) is 4.79 Å². The summed E-state index contributed by atoms with van der Waals surface area (Å²) >= 11 is 1.52. The molecule has 1 aromatic carbocycles. The molecule has 0 saturated heterocycles. The summed E-state index contributed by atoms with van der Waals surface area (Å²) in [5.41, 5.74) is 0.608. The summed E-state index contributed by atoms with van der Waals surface area (Å²) < 4.78 is 12.8. The standard InChI is InChI=1S/C15H20FNO2S/c1-11(12-4-6-13(16)7-5-12)8-14(18)17-9-15(2,19)10-20-3/h4-8,19H,9-10H2,1-3H3,(H,17,18). The van der Waals surface area contributed by atoms with E-state index in [2.05, 4.69) is 5.32 Å². The topological polar surface area (TPSA) is 49.3 Å². The number of benzene rings is 1. The Morgan fingerprint density at radius 2 is 2.05 bits per heavy atom. The Balaban J connectivity index is 2.60. The van der Waals surface area contributed by atoms with Crippen molar-refractivity contribution >= 4 is 23.2 Å². The van der Waals surface area contributed by atoms with Gasteiger partial charge in [-0.1, -0.05) is 12.1 Å². The van der Waals surface area contributed by atoms with E-state index in [1.165, 1.54) is 30.0 Å². The van der Waals surface area contributed by atoms with Crippen LogP contribution < -0.4 is 5.32 Å². The van der Waals surface area contributed by atoms with Crippen molar-refractivity contribution in [1.29, 1.82) is 0 Å². The predicted octanol–water partition coefficient (Wildman–Crippen LogP) is 2.46. The Kier molecular flexibility index (Phi) is 6.23. The second-order valence-electron chi connectivity index (χ2n) is 4.98. The molecule has 0 aliphatic carbocycles. The lowest BCUT2D eigenvalue weighted by Crippen LogP contribution is -2.42. The van der Waals surface area contributed by atoms with E-state index in [4.69, 9.17) is 0 Å². The van der Waals surface area contributed by atoms with Gasteiger partial charge in [-0.05, 0) is 43.4 Å². The van der Waals surface area contributed by atoms with Crippen LogP contribution in [0.25, 0.3) is 5.57 Å². The van der Waals surface area contributed by atoms with Crippen LogP contribution in [0.1, 0.15) is 19.4 Å². The number of hydrogen-bond donors (Lipinski definition) is 2. The number of aliphatic hydroxyl groups is 1. The van der Waals surface area contributed by atoms with Gasteiger partial charge in [0.1, 0.15) is 5.82 Å². The summed E-state index contributed by atoms with van der Waals surface area (Å²) in [5.74, 6) is -0.0270. The minimum Gasteiger partial charge on any atom is -0.387 e. The Morgan fingerprint density at radius 1 is 1.45 bits per heavy atom. The SMILES string of the molecule is CSCC(C)(O)CNC(=O)C=C(C)c1ccc(F)cc1. The Bertz CT molecular complexity index is 483. The van der Waals surface area contributed by atoms with Crippen LogP contribution in [0.5, 0.6) is 0 Å². The fourth-order valence-electron chi connectivity index (χ4n) is 1.68. The molecule has 0 spiro atoms. The van der Waals surface area contributed by atoms with Crippen LogP contribution in [0.15, 0.2) is 30.3 Å². The molecule has 0 saturated carbocycles. The molecule has 0 aromatic heterocycles. The smallest absolute Gasteiger partial charge is 0.244 e. The molecule has 0 aliphatic heterocycles. The van der Waals surface area contributed by atoms with Gasteiger partial charge < -0.3 is 10.4 Å². The quantitative estimate of drug-likeness (QED) is 0.793. The maximum atomic E-state index is 12.8. The number of thioether (sulfide) groups is 1. The molecule has 0 bridgehead atoms. The van der Waals surface area contributed by atoms with Crippen molar-refractivity contribution in [3.63, 3.8) is 0 Å². The molecule has 0 aliphatic rings. The molecule has 1 rings (SSSR count). The van der Waals surface area contributed by atoms with E-state index in [9.17, 15) is 14.3 Å². The maximum absolute atomic E-state index is 12.8. The van der Waals surface area contributed by atoms with Gasteiger partial charge in [-0.25, -0.2) is 4.39 Å². The average Bonchev–Trinajstić information content (AvgIpc) is 2.37. The molecule has 3 nitrogen and oxygen atoms in total. The number of rotatable bonds is 6. The average molecular weight is 297 g/mol. The molecule has 0 fully saturated rings. The highest BCUT2D eigenvalue weighted by Crippen LogP contribution is 2.14. The highest BCUT2D eigenvalue weighted by Gasteiger charge is 2.19. The molecule has 110 valence electrons. The molecule has 20 heavy (non-hydrogen) atoms. The van der Waals surface area contributed by atoms with Gasteiger partial charge in [-0.15, -0.1) is 0 Å². The second-order valence-corrected chi connectivity index (χ2v) is 5.85. The molecule has 1 aromatic rings. The highest BCUT2D eigenvalue weighted by atomic mass is 32.2. The van der Waals surface area contributed by atoms with Crippen LogP contribution in [0.3, 0.4) is 0 Å². The monoisotopic (exact) mass is 297 g/mol. The Labute approximate surface area is 123 Å². The van der Waals surface area contributed by atoms with Gasteiger partial charge in [0.15, 0.2) is 0 Å². The minimum atomic E-state index is -0.924. The van der Waals surface area contributed by atoms with Crippen molar-refractivity contribution in [2.45, 2.75) is 19.4 Å². The maximum Gasteiger partial charge on any atom is 0.244 e. The van der Waals surface area contributed by atoms with Crippen molar-refractivity contribution < 1.29 is 14.3 Å². The van der Waals surface area contributed by atoms with Gasteiger partial charge >= 0.3 is 0 Å². The van der Waals surface area contributed by atoms with Crippen LogP contribution in [-0.4, -0.2) is 35.2 Å². The van der Waals surface area contributed by atoms with Gasteiger partial charge in [0.05, 0.1) is 5.60 Å². The third-order valence-corrected chi connectivity index (χ3v) is 3.66. The van der Waals surface area contributed by atoms with E-state index >= 15 is 0 Å². The van der Waals surface area contributed by atoms with Crippen molar-refractivity contribution in [2.75, 3.05) is 18.6 Å². The summed E-state index contributed by atoms with van der Waals surface area (Å²) in [5, 5.41) is 12.6. The van der Waals surface area contributed by atoms with E-state index in [-0.39, 0.29) is 18.3 Å². The molecular weight excluding hydrogens is 277 g/mol. The second kappa shape index (κ2) is 7.45. The lowest BCUT2D eigenvalue weighted by molar-refractivity contribution is -0.117. The third kappa shape index (κ3) is 5.75. The highest BCUT2D eigenvalue weighted by molar-refractivity contribution is 7.98. The van der Waals surface area contributed by atoms with Crippen LogP contribution in [-0.2, 0) is 4.79 Å².